The molecule has 1 amide bonds. The SMILES string of the molecule is COCCn1c(=NC(=O)C2CCCN2S(=O)(=O)c2ccc(OC)cc2)sc2cc([N+](=O)[O-])ccc21. The van der Waals surface area contributed by atoms with E-state index in [1.54, 1.807) is 29.9 Å². The maximum atomic E-state index is 13.3. The summed E-state index contributed by atoms with van der Waals surface area (Å²) in [5.74, 6) is -0.0505. The first-order valence-corrected chi connectivity index (χ1v) is 13.0. The first kappa shape index (κ1) is 25.0. The number of nitro groups is 1. The zero-order valence-electron chi connectivity index (χ0n) is 19.1. The van der Waals surface area contributed by atoms with Crippen LogP contribution < -0.4 is 9.54 Å². The Hall–Kier alpha value is -3.13. The number of hydrogen-bond donors (Lipinski definition) is 0. The Morgan fingerprint density at radius 1 is 1.23 bits per heavy atom. The van der Waals surface area contributed by atoms with Crippen molar-refractivity contribution in [2.75, 3.05) is 27.4 Å². The van der Waals surface area contributed by atoms with Crippen LogP contribution in [0.1, 0.15) is 12.8 Å². The van der Waals surface area contributed by atoms with E-state index in [4.69, 9.17) is 9.47 Å². The molecule has 1 aromatic heterocycles. The van der Waals surface area contributed by atoms with E-state index in [0.29, 0.717) is 46.8 Å². The summed E-state index contributed by atoms with van der Waals surface area (Å²) in [7, 11) is -0.880. The lowest BCUT2D eigenvalue weighted by atomic mass is 10.2. The molecule has 11 nitrogen and oxygen atoms in total. The molecule has 0 bridgehead atoms. The number of aromatic nitrogens is 1. The maximum absolute atomic E-state index is 13.3. The maximum Gasteiger partial charge on any atom is 0.270 e. The fraction of sp³-hybridized carbons (Fsp3) is 0.364. The number of rotatable bonds is 8. The van der Waals surface area contributed by atoms with E-state index < -0.39 is 26.9 Å². The highest BCUT2D eigenvalue weighted by Gasteiger charge is 2.39. The molecule has 1 atom stereocenters. The molecule has 186 valence electrons. The van der Waals surface area contributed by atoms with Crippen molar-refractivity contribution >= 4 is 43.2 Å². The molecule has 1 fully saturated rings. The van der Waals surface area contributed by atoms with Crippen molar-refractivity contribution in [1.29, 1.82) is 0 Å². The normalized spacial score (nSPS) is 17.2. The average molecular weight is 521 g/mol. The topological polar surface area (TPSA) is 133 Å². The summed E-state index contributed by atoms with van der Waals surface area (Å²) < 4.78 is 40.3. The molecule has 1 saturated heterocycles. The van der Waals surface area contributed by atoms with Gasteiger partial charge in [-0.05, 0) is 43.2 Å². The van der Waals surface area contributed by atoms with Gasteiger partial charge in [0, 0.05) is 32.3 Å². The monoisotopic (exact) mass is 520 g/mol. The van der Waals surface area contributed by atoms with Crippen LogP contribution in [-0.4, -0.2) is 61.5 Å². The first-order valence-electron chi connectivity index (χ1n) is 10.8. The molecular formula is C22H24N4O7S2. The summed E-state index contributed by atoms with van der Waals surface area (Å²) in [5.41, 5.74) is 0.612. The lowest BCUT2D eigenvalue weighted by Gasteiger charge is -2.21. The van der Waals surface area contributed by atoms with E-state index in [0.717, 1.165) is 11.3 Å². The van der Waals surface area contributed by atoms with Crippen molar-refractivity contribution in [2.24, 2.45) is 4.99 Å². The molecule has 3 aromatic rings. The second-order valence-electron chi connectivity index (χ2n) is 7.84. The van der Waals surface area contributed by atoms with Gasteiger partial charge in [-0.1, -0.05) is 11.3 Å². The van der Waals surface area contributed by atoms with E-state index in [9.17, 15) is 23.3 Å². The van der Waals surface area contributed by atoms with Crippen molar-refractivity contribution < 1.29 is 27.6 Å². The molecule has 13 heteroatoms. The van der Waals surface area contributed by atoms with Gasteiger partial charge in [0.15, 0.2) is 4.80 Å². The average Bonchev–Trinajstić information content (AvgIpc) is 3.47. The van der Waals surface area contributed by atoms with Crippen LogP contribution in [0.2, 0.25) is 0 Å². The Balaban J connectivity index is 1.71. The number of hydrogen-bond acceptors (Lipinski definition) is 8. The van der Waals surface area contributed by atoms with Crippen LogP contribution in [-0.2, 0) is 26.1 Å². The lowest BCUT2D eigenvalue weighted by molar-refractivity contribution is -0.384. The Morgan fingerprint density at radius 2 is 1.97 bits per heavy atom. The molecule has 0 aliphatic carbocycles. The fourth-order valence-corrected chi connectivity index (χ4v) is 6.73. The number of nitrogens with zero attached hydrogens (tertiary/aromatic N) is 4. The van der Waals surface area contributed by atoms with Crippen LogP contribution in [0.3, 0.4) is 0 Å². The van der Waals surface area contributed by atoms with Crippen molar-refractivity contribution in [3.05, 3.63) is 57.4 Å². The highest BCUT2D eigenvalue weighted by atomic mass is 32.2. The molecule has 0 spiro atoms. The van der Waals surface area contributed by atoms with Crippen molar-refractivity contribution in [1.82, 2.24) is 8.87 Å². The summed E-state index contributed by atoms with van der Waals surface area (Å²) in [5, 5.41) is 11.2. The van der Waals surface area contributed by atoms with Crippen molar-refractivity contribution in [2.45, 2.75) is 30.3 Å². The van der Waals surface area contributed by atoms with Crippen molar-refractivity contribution in [3.8, 4) is 5.75 Å². The summed E-state index contributed by atoms with van der Waals surface area (Å²) >= 11 is 1.14. The highest BCUT2D eigenvalue weighted by Crippen LogP contribution is 2.28. The van der Waals surface area contributed by atoms with Gasteiger partial charge >= 0.3 is 0 Å². The Morgan fingerprint density at radius 3 is 2.63 bits per heavy atom. The molecule has 0 radical (unpaired) electrons. The number of sulfonamides is 1. The minimum atomic E-state index is -3.92. The Bertz CT molecular complexity index is 1430. The van der Waals surface area contributed by atoms with Gasteiger partial charge in [-0.2, -0.15) is 9.30 Å². The third kappa shape index (κ3) is 4.98. The van der Waals surface area contributed by atoms with Crippen LogP contribution >= 0.6 is 11.3 Å². The molecule has 2 aromatic carbocycles. The lowest BCUT2D eigenvalue weighted by Crippen LogP contribution is -2.40. The molecule has 35 heavy (non-hydrogen) atoms. The van der Waals surface area contributed by atoms with Gasteiger partial charge in [-0.3, -0.25) is 14.9 Å². The number of ether oxygens (including phenoxy) is 2. The van der Waals surface area contributed by atoms with Gasteiger partial charge in [0.05, 0.1) is 33.8 Å². The molecule has 1 unspecified atom stereocenters. The standard InChI is InChI=1S/C22H24N4O7S2/c1-32-13-12-24-18-10-5-15(26(28)29)14-20(18)34-22(24)23-21(27)19-4-3-11-25(19)35(30,31)17-8-6-16(33-2)7-9-17/h5-10,14,19H,3-4,11-13H2,1-2H3. The van der Waals surface area contributed by atoms with E-state index in [1.165, 1.54) is 35.7 Å². The van der Waals surface area contributed by atoms with Gasteiger partial charge in [0.1, 0.15) is 11.8 Å². The van der Waals surface area contributed by atoms with Gasteiger partial charge in [0.25, 0.3) is 11.6 Å². The number of benzene rings is 2. The third-order valence-corrected chi connectivity index (χ3v) is 8.72. The largest absolute Gasteiger partial charge is 0.497 e. The molecule has 4 rings (SSSR count). The predicted molar refractivity (Wildman–Crippen MR) is 129 cm³/mol. The van der Waals surface area contributed by atoms with Crippen LogP contribution in [0.5, 0.6) is 5.75 Å². The predicted octanol–water partition coefficient (Wildman–Crippen LogP) is 2.55. The third-order valence-electron chi connectivity index (χ3n) is 5.76. The van der Waals surface area contributed by atoms with Crippen LogP contribution in [0.25, 0.3) is 10.2 Å². The van der Waals surface area contributed by atoms with Gasteiger partial charge in [-0.25, -0.2) is 8.42 Å². The van der Waals surface area contributed by atoms with Crippen molar-refractivity contribution in [3.63, 3.8) is 0 Å². The Kier molecular flexibility index (Phi) is 7.31. The number of nitro benzene ring substituents is 1. The first-order chi connectivity index (χ1) is 16.8. The number of thiazole rings is 1. The summed E-state index contributed by atoms with van der Waals surface area (Å²) in [6.45, 7) is 0.924. The minimum Gasteiger partial charge on any atom is -0.497 e. The number of non-ortho nitro benzene ring substituents is 1. The molecule has 0 saturated carbocycles. The molecule has 1 aliphatic heterocycles. The van der Waals surface area contributed by atoms with Crippen LogP contribution in [0.15, 0.2) is 52.4 Å². The number of carbonyl (C=O) groups excluding carboxylic acids is 1. The minimum absolute atomic E-state index is 0.0666. The fourth-order valence-electron chi connectivity index (χ4n) is 3.99. The molecule has 1 aliphatic rings. The van der Waals surface area contributed by atoms with Gasteiger partial charge in [-0.15, -0.1) is 0 Å². The van der Waals surface area contributed by atoms with E-state index in [2.05, 4.69) is 4.99 Å². The summed E-state index contributed by atoms with van der Waals surface area (Å²) in [4.78, 5) is 28.6. The molecule has 0 N–H and O–H groups in total. The highest BCUT2D eigenvalue weighted by molar-refractivity contribution is 7.89. The van der Waals surface area contributed by atoms with Gasteiger partial charge in [0.2, 0.25) is 10.0 Å². The Labute approximate surface area is 205 Å². The van der Waals surface area contributed by atoms with Crippen LogP contribution in [0.4, 0.5) is 5.69 Å². The second kappa shape index (κ2) is 10.2. The number of methoxy groups -OCH3 is 2. The number of carbonyl (C=O) groups is 1. The van der Waals surface area contributed by atoms with Gasteiger partial charge < -0.3 is 14.0 Å². The zero-order chi connectivity index (χ0) is 25.2. The number of fused-ring (bicyclic) bond motifs is 1. The van der Waals surface area contributed by atoms with E-state index in [1.807, 2.05) is 0 Å². The zero-order valence-corrected chi connectivity index (χ0v) is 20.8. The molecule has 2 heterocycles. The summed E-state index contributed by atoms with van der Waals surface area (Å²) in [6, 6.07) is 9.51. The number of amides is 1. The molecular weight excluding hydrogens is 496 g/mol. The van der Waals surface area contributed by atoms with E-state index in [-0.39, 0.29) is 17.1 Å². The second-order valence-corrected chi connectivity index (χ2v) is 10.7. The van der Waals surface area contributed by atoms with E-state index >= 15 is 0 Å². The quantitative estimate of drug-likeness (QED) is 0.329. The summed E-state index contributed by atoms with van der Waals surface area (Å²) in [6.07, 6.45) is 0.885. The smallest absolute Gasteiger partial charge is 0.270 e. The van der Waals surface area contributed by atoms with Crippen LogP contribution in [0, 0.1) is 10.1 Å².